The zero-order valence-electron chi connectivity index (χ0n) is 11.7. The summed E-state index contributed by atoms with van der Waals surface area (Å²) < 4.78 is 32.2. The third-order valence-corrected chi connectivity index (χ3v) is 5.49. The minimum Gasteiger partial charge on any atom is -0.378 e. The Kier molecular flexibility index (Phi) is 4.14. The molecule has 0 atom stereocenters. The first kappa shape index (κ1) is 15.0. The molecule has 1 saturated heterocycles. The summed E-state index contributed by atoms with van der Waals surface area (Å²) in [5.74, 6) is 0. The third kappa shape index (κ3) is 2.85. The van der Waals surface area contributed by atoms with Crippen molar-refractivity contribution in [1.29, 1.82) is 5.26 Å². The number of nitrogens with zero attached hydrogens (tertiary/aromatic N) is 2. The van der Waals surface area contributed by atoms with Crippen molar-refractivity contribution >= 4 is 10.0 Å². The summed E-state index contributed by atoms with van der Waals surface area (Å²) in [6.45, 7) is 4.87. The highest BCUT2D eigenvalue weighted by Crippen LogP contribution is 2.27. The molecule has 1 fully saturated rings. The largest absolute Gasteiger partial charge is 0.378 e. The van der Waals surface area contributed by atoms with Crippen LogP contribution >= 0.6 is 0 Å². The zero-order valence-corrected chi connectivity index (χ0v) is 12.5. The lowest BCUT2D eigenvalue weighted by Crippen LogP contribution is -2.55. The lowest BCUT2D eigenvalue weighted by Gasteiger charge is -2.40. The minimum absolute atomic E-state index is 0.258. The van der Waals surface area contributed by atoms with E-state index in [4.69, 9.17) is 10.00 Å². The number of benzene rings is 1. The van der Waals surface area contributed by atoms with Crippen LogP contribution in [0.3, 0.4) is 0 Å². The van der Waals surface area contributed by atoms with E-state index in [1.165, 1.54) is 4.31 Å². The molecule has 6 heteroatoms. The van der Waals surface area contributed by atoms with Gasteiger partial charge in [0.25, 0.3) is 0 Å². The summed E-state index contributed by atoms with van der Waals surface area (Å²) >= 11 is 0. The van der Waals surface area contributed by atoms with Gasteiger partial charge in [-0.2, -0.15) is 9.57 Å². The summed E-state index contributed by atoms with van der Waals surface area (Å²) in [7, 11) is -3.53. The van der Waals surface area contributed by atoms with Crippen LogP contribution in [0.4, 0.5) is 0 Å². The molecule has 0 saturated carbocycles. The summed E-state index contributed by atoms with van der Waals surface area (Å²) in [5, 5.41) is 8.63. The van der Waals surface area contributed by atoms with E-state index in [0.29, 0.717) is 19.8 Å². The first-order valence-electron chi connectivity index (χ1n) is 6.44. The fraction of sp³-hybridized carbons (Fsp3) is 0.500. The molecule has 0 aliphatic carbocycles. The maximum absolute atomic E-state index is 12.7. The SMILES string of the molecule is CC1(C)COCCN1S(=O)(=O)c1ccc(CC#N)cc1. The van der Waals surface area contributed by atoms with Crippen LogP contribution in [0.25, 0.3) is 0 Å². The van der Waals surface area contributed by atoms with Gasteiger partial charge in [0.2, 0.25) is 10.0 Å². The molecular weight excluding hydrogens is 276 g/mol. The van der Waals surface area contributed by atoms with Crippen LogP contribution in [0.5, 0.6) is 0 Å². The average molecular weight is 294 g/mol. The topological polar surface area (TPSA) is 70.4 Å². The molecule has 0 N–H and O–H groups in total. The van der Waals surface area contributed by atoms with E-state index < -0.39 is 15.6 Å². The monoisotopic (exact) mass is 294 g/mol. The van der Waals surface area contributed by atoms with Crippen molar-refractivity contribution in [2.45, 2.75) is 30.7 Å². The predicted molar refractivity (Wildman–Crippen MR) is 74.5 cm³/mol. The highest BCUT2D eigenvalue weighted by molar-refractivity contribution is 7.89. The average Bonchev–Trinajstić information content (AvgIpc) is 2.39. The van der Waals surface area contributed by atoms with Crippen molar-refractivity contribution in [2.75, 3.05) is 19.8 Å². The fourth-order valence-corrected chi connectivity index (χ4v) is 4.04. The molecule has 0 unspecified atom stereocenters. The van der Waals surface area contributed by atoms with Crippen LogP contribution in [0.2, 0.25) is 0 Å². The van der Waals surface area contributed by atoms with Crippen LogP contribution in [-0.4, -0.2) is 38.0 Å². The number of sulfonamides is 1. The van der Waals surface area contributed by atoms with E-state index in [-0.39, 0.29) is 11.3 Å². The smallest absolute Gasteiger partial charge is 0.243 e. The van der Waals surface area contributed by atoms with Gasteiger partial charge in [0, 0.05) is 6.54 Å². The molecule has 0 aromatic heterocycles. The summed E-state index contributed by atoms with van der Waals surface area (Å²) in [5.41, 5.74) is 0.260. The molecule has 2 rings (SSSR count). The maximum Gasteiger partial charge on any atom is 0.243 e. The number of hydrogen-bond acceptors (Lipinski definition) is 4. The molecule has 1 aromatic carbocycles. The third-order valence-electron chi connectivity index (χ3n) is 3.36. The highest BCUT2D eigenvalue weighted by Gasteiger charge is 2.39. The van der Waals surface area contributed by atoms with Crippen LogP contribution in [0, 0.1) is 11.3 Å². The lowest BCUT2D eigenvalue weighted by molar-refractivity contribution is -0.00770. The van der Waals surface area contributed by atoms with E-state index in [1.54, 1.807) is 24.3 Å². The molecule has 108 valence electrons. The molecule has 1 aromatic rings. The second-order valence-electron chi connectivity index (χ2n) is 5.42. The van der Waals surface area contributed by atoms with Crippen molar-refractivity contribution < 1.29 is 13.2 Å². The number of hydrogen-bond donors (Lipinski definition) is 0. The van der Waals surface area contributed by atoms with E-state index in [2.05, 4.69) is 0 Å². The van der Waals surface area contributed by atoms with Gasteiger partial charge in [-0.15, -0.1) is 0 Å². The van der Waals surface area contributed by atoms with Crippen molar-refractivity contribution in [3.8, 4) is 6.07 Å². The molecular formula is C14H18N2O3S. The number of rotatable bonds is 3. The van der Waals surface area contributed by atoms with Gasteiger partial charge in [0.1, 0.15) is 0 Å². The van der Waals surface area contributed by atoms with Crippen molar-refractivity contribution in [3.63, 3.8) is 0 Å². The molecule has 5 nitrogen and oxygen atoms in total. The normalized spacial score (nSPS) is 19.4. The Bertz CT molecular complexity index is 615. The highest BCUT2D eigenvalue weighted by atomic mass is 32.2. The first-order chi connectivity index (χ1) is 9.38. The first-order valence-corrected chi connectivity index (χ1v) is 7.88. The van der Waals surface area contributed by atoms with E-state index in [1.807, 2.05) is 19.9 Å². The number of morpholine rings is 1. The molecule has 0 bridgehead atoms. The summed E-state index contributed by atoms with van der Waals surface area (Å²) in [6.07, 6.45) is 0.281. The Morgan fingerprint density at radius 2 is 2.00 bits per heavy atom. The molecule has 20 heavy (non-hydrogen) atoms. The number of ether oxygens (including phenoxy) is 1. The molecule has 0 radical (unpaired) electrons. The van der Waals surface area contributed by atoms with E-state index in [9.17, 15) is 8.42 Å². The van der Waals surface area contributed by atoms with Gasteiger partial charge in [0.05, 0.1) is 36.1 Å². The van der Waals surface area contributed by atoms with Crippen molar-refractivity contribution in [3.05, 3.63) is 29.8 Å². The summed E-state index contributed by atoms with van der Waals surface area (Å²) in [6, 6.07) is 8.54. The van der Waals surface area contributed by atoms with Gasteiger partial charge < -0.3 is 4.74 Å². The standard InChI is InChI=1S/C14H18N2O3S/c1-14(2)11-19-10-9-16(14)20(17,18)13-5-3-12(4-6-13)7-8-15/h3-6H,7,9-11H2,1-2H3. The van der Waals surface area contributed by atoms with Crippen molar-refractivity contribution in [2.24, 2.45) is 0 Å². The van der Waals surface area contributed by atoms with Gasteiger partial charge in [-0.05, 0) is 31.5 Å². The zero-order chi connectivity index (χ0) is 14.8. The Labute approximate surface area is 119 Å². The van der Waals surface area contributed by atoms with Gasteiger partial charge >= 0.3 is 0 Å². The van der Waals surface area contributed by atoms with Gasteiger partial charge in [-0.1, -0.05) is 12.1 Å². The Balaban J connectivity index is 2.32. The van der Waals surface area contributed by atoms with E-state index in [0.717, 1.165) is 5.56 Å². The Morgan fingerprint density at radius 3 is 2.55 bits per heavy atom. The molecule has 0 spiro atoms. The van der Waals surface area contributed by atoms with E-state index >= 15 is 0 Å². The van der Waals surface area contributed by atoms with Gasteiger partial charge in [0.15, 0.2) is 0 Å². The molecule has 1 aliphatic rings. The predicted octanol–water partition coefficient (Wildman–Crippen LogP) is 1.55. The fourth-order valence-electron chi connectivity index (χ4n) is 2.29. The molecule has 0 amide bonds. The second-order valence-corrected chi connectivity index (χ2v) is 7.28. The van der Waals surface area contributed by atoms with Crippen LogP contribution in [0.15, 0.2) is 29.2 Å². The Hall–Kier alpha value is -1.42. The summed E-state index contributed by atoms with van der Waals surface area (Å²) in [4.78, 5) is 0.258. The van der Waals surface area contributed by atoms with Gasteiger partial charge in [-0.25, -0.2) is 8.42 Å². The van der Waals surface area contributed by atoms with Crippen molar-refractivity contribution in [1.82, 2.24) is 4.31 Å². The van der Waals surface area contributed by atoms with Gasteiger partial charge in [-0.3, -0.25) is 0 Å². The quantitative estimate of drug-likeness (QED) is 0.848. The van der Waals surface area contributed by atoms with Crippen LogP contribution < -0.4 is 0 Å². The van der Waals surface area contributed by atoms with Crippen LogP contribution in [0.1, 0.15) is 19.4 Å². The second kappa shape index (κ2) is 5.52. The number of nitriles is 1. The van der Waals surface area contributed by atoms with Crippen LogP contribution in [-0.2, 0) is 21.2 Å². The molecule has 1 aliphatic heterocycles. The Morgan fingerprint density at radius 1 is 1.35 bits per heavy atom. The lowest BCUT2D eigenvalue weighted by atomic mass is 10.1. The minimum atomic E-state index is -3.53. The molecule has 1 heterocycles. The maximum atomic E-state index is 12.7.